The highest BCUT2D eigenvalue weighted by Gasteiger charge is 2.04. The van der Waals surface area contributed by atoms with Gasteiger partial charge >= 0.3 is 11.8 Å². The fourth-order valence-corrected chi connectivity index (χ4v) is 1.05. The second-order valence-corrected chi connectivity index (χ2v) is 2.74. The van der Waals surface area contributed by atoms with Crippen LogP contribution in [-0.2, 0) is 6.42 Å². The highest BCUT2D eigenvalue weighted by molar-refractivity contribution is 5.64. The number of amides is 1. The number of hydrogen-bond donors (Lipinski definition) is 5. The van der Waals surface area contributed by atoms with Crippen LogP contribution in [0.15, 0.2) is 4.79 Å². The lowest BCUT2D eigenvalue weighted by Gasteiger charge is -1.99. The van der Waals surface area contributed by atoms with E-state index in [1.165, 1.54) is 0 Å². The molecule has 0 saturated heterocycles. The molecule has 0 aromatic carbocycles. The maximum Gasteiger partial charge on any atom is 0.404 e. The summed E-state index contributed by atoms with van der Waals surface area (Å²) < 4.78 is 0. The first-order chi connectivity index (χ1) is 6.59. The monoisotopic (exact) mass is 201 g/mol. The number of aryl methyl sites for hydroxylation is 1. The van der Waals surface area contributed by atoms with Gasteiger partial charge in [-0.15, -0.1) is 0 Å². The lowest BCUT2D eigenvalue weighted by atomic mass is 10.2. The first kappa shape index (κ1) is 10.2. The van der Waals surface area contributed by atoms with E-state index in [4.69, 9.17) is 10.2 Å². The van der Waals surface area contributed by atoms with Crippen LogP contribution in [0.25, 0.3) is 0 Å². The van der Waals surface area contributed by atoms with Crippen LogP contribution in [0.5, 0.6) is 5.88 Å². The van der Waals surface area contributed by atoms with Gasteiger partial charge in [-0.1, -0.05) is 0 Å². The molecule has 0 fully saturated rings. The van der Waals surface area contributed by atoms with E-state index in [1.807, 2.05) is 0 Å². The van der Waals surface area contributed by atoms with Crippen LogP contribution in [0.3, 0.4) is 0 Å². The van der Waals surface area contributed by atoms with Gasteiger partial charge in [-0.05, 0) is 12.8 Å². The third-order valence-corrected chi connectivity index (χ3v) is 1.66. The Morgan fingerprint density at radius 1 is 1.43 bits per heavy atom. The standard InChI is InChI=1S/C7H11N3O4/c11-5-4(9-6(12)10-5)2-1-3-8-7(13)14/h8,11H,1-3H2,(H,13,14)(H2,9,10,12). The minimum absolute atomic E-state index is 0.190. The summed E-state index contributed by atoms with van der Waals surface area (Å²) >= 11 is 0. The van der Waals surface area contributed by atoms with E-state index >= 15 is 0 Å². The quantitative estimate of drug-likeness (QED) is 0.426. The Labute approximate surface area is 78.8 Å². The third-order valence-electron chi connectivity index (χ3n) is 1.66. The predicted octanol–water partition coefficient (Wildman–Crippen LogP) is -0.391. The summed E-state index contributed by atoms with van der Waals surface area (Å²) in [7, 11) is 0. The SMILES string of the molecule is O=C(O)NCCCc1[nH]c(=O)[nH]c1O. The summed E-state index contributed by atoms with van der Waals surface area (Å²) in [5.41, 5.74) is -0.0779. The molecule has 0 aliphatic heterocycles. The molecule has 1 rings (SSSR count). The number of rotatable bonds is 4. The minimum Gasteiger partial charge on any atom is -0.493 e. The fraction of sp³-hybridized carbons (Fsp3) is 0.429. The van der Waals surface area contributed by atoms with Crippen LogP contribution in [0, 0.1) is 0 Å². The second-order valence-electron chi connectivity index (χ2n) is 2.74. The Balaban J connectivity index is 2.35. The number of H-pyrrole nitrogens is 2. The van der Waals surface area contributed by atoms with E-state index in [1.54, 1.807) is 0 Å². The van der Waals surface area contributed by atoms with Crippen molar-refractivity contribution in [3.8, 4) is 5.88 Å². The van der Waals surface area contributed by atoms with Crippen molar-refractivity contribution in [1.82, 2.24) is 15.3 Å². The van der Waals surface area contributed by atoms with Crippen molar-refractivity contribution < 1.29 is 15.0 Å². The molecule has 0 radical (unpaired) electrons. The molecule has 1 aromatic rings. The molecule has 14 heavy (non-hydrogen) atoms. The topological polar surface area (TPSA) is 118 Å². The normalized spacial score (nSPS) is 10.0. The minimum atomic E-state index is -1.09. The molecule has 1 amide bonds. The molecule has 0 spiro atoms. The van der Waals surface area contributed by atoms with E-state index in [0.29, 0.717) is 18.5 Å². The summed E-state index contributed by atoms with van der Waals surface area (Å²) in [6, 6.07) is 0. The Hall–Kier alpha value is -1.92. The summed E-state index contributed by atoms with van der Waals surface area (Å²) in [5.74, 6) is -0.190. The number of carboxylic acid groups (broad SMARTS) is 1. The largest absolute Gasteiger partial charge is 0.493 e. The molecule has 5 N–H and O–H groups in total. The van der Waals surface area contributed by atoms with Gasteiger partial charge in [-0.25, -0.2) is 9.59 Å². The van der Waals surface area contributed by atoms with Crippen molar-refractivity contribution in [2.75, 3.05) is 6.54 Å². The average Bonchev–Trinajstić information content (AvgIpc) is 2.39. The molecular weight excluding hydrogens is 190 g/mol. The molecule has 1 heterocycles. The van der Waals surface area contributed by atoms with Crippen molar-refractivity contribution in [1.29, 1.82) is 0 Å². The Morgan fingerprint density at radius 2 is 2.14 bits per heavy atom. The number of carbonyl (C=O) groups is 1. The Kier molecular flexibility index (Phi) is 3.16. The number of nitrogens with one attached hydrogen (secondary N) is 3. The Morgan fingerprint density at radius 3 is 2.64 bits per heavy atom. The van der Waals surface area contributed by atoms with Crippen molar-refractivity contribution in [3.63, 3.8) is 0 Å². The number of aromatic hydroxyl groups is 1. The number of aromatic amines is 2. The fourth-order valence-electron chi connectivity index (χ4n) is 1.05. The highest BCUT2D eigenvalue weighted by atomic mass is 16.4. The zero-order valence-corrected chi connectivity index (χ0v) is 7.33. The van der Waals surface area contributed by atoms with E-state index in [2.05, 4.69) is 15.3 Å². The molecule has 78 valence electrons. The van der Waals surface area contributed by atoms with Gasteiger partial charge in [-0.3, -0.25) is 4.98 Å². The van der Waals surface area contributed by atoms with Gasteiger partial charge < -0.3 is 20.5 Å². The van der Waals surface area contributed by atoms with Crippen LogP contribution in [0.2, 0.25) is 0 Å². The molecule has 0 aliphatic rings. The van der Waals surface area contributed by atoms with Crippen LogP contribution in [0.1, 0.15) is 12.1 Å². The summed E-state index contributed by atoms with van der Waals surface area (Å²) in [5, 5.41) is 19.5. The maximum atomic E-state index is 10.7. The van der Waals surface area contributed by atoms with Gasteiger partial charge in [0.2, 0.25) is 5.88 Å². The van der Waals surface area contributed by atoms with E-state index < -0.39 is 11.8 Å². The van der Waals surface area contributed by atoms with Crippen LogP contribution in [-0.4, -0.2) is 32.8 Å². The summed E-state index contributed by atoms with van der Waals surface area (Å²) in [6.45, 7) is 0.280. The van der Waals surface area contributed by atoms with Crippen LogP contribution >= 0.6 is 0 Å². The van der Waals surface area contributed by atoms with Crippen molar-refractivity contribution in [2.45, 2.75) is 12.8 Å². The predicted molar refractivity (Wildman–Crippen MR) is 47.4 cm³/mol. The van der Waals surface area contributed by atoms with Gasteiger partial charge in [0.15, 0.2) is 0 Å². The van der Waals surface area contributed by atoms with E-state index in [-0.39, 0.29) is 12.4 Å². The molecule has 0 unspecified atom stereocenters. The van der Waals surface area contributed by atoms with Crippen molar-refractivity contribution in [3.05, 3.63) is 16.2 Å². The van der Waals surface area contributed by atoms with Crippen LogP contribution in [0.4, 0.5) is 4.79 Å². The number of aromatic nitrogens is 2. The molecule has 7 nitrogen and oxygen atoms in total. The van der Waals surface area contributed by atoms with E-state index in [0.717, 1.165) is 0 Å². The third kappa shape index (κ3) is 2.85. The number of hydrogen-bond acceptors (Lipinski definition) is 3. The second kappa shape index (κ2) is 4.35. The van der Waals surface area contributed by atoms with Gasteiger partial charge in [-0.2, -0.15) is 0 Å². The van der Waals surface area contributed by atoms with Crippen molar-refractivity contribution in [2.24, 2.45) is 0 Å². The highest BCUT2D eigenvalue weighted by Crippen LogP contribution is 2.08. The molecule has 7 heteroatoms. The summed E-state index contributed by atoms with van der Waals surface area (Å²) in [6.07, 6.45) is -0.171. The maximum absolute atomic E-state index is 10.7. The summed E-state index contributed by atoms with van der Waals surface area (Å²) in [4.78, 5) is 25.3. The average molecular weight is 201 g/mol. The molecular formula is C7H11N3O4. The molecule has 1 aromatic heterocycles. The van der Waals surface area contributed by atoms with Gasteiger partial charge in [0, 0.05) is 6.54 Å². The van der Waals surface area contributed by atoms with Gasteiger partial charge in [0.05, 0.1) is 5.69 Å². The molecule has 0 aliphatic carbocycles. The smallest absolute Gasteiger partial charge is 0.404 e. The first-order valence-corrected chi connectivity index (χ1v) is 4.06. The van der Waals surface area contributed by atoms with E-state index in [9.17, 15) is 9.59 Å². The first-order valence-electron chi connectivity index (χ1n) is 4.06. The molecule has 0 atom stereocenters. The zero-order valence-electron chi connectivity index (χ0n) is 7.33. The van der Waals surface area contributed by atoms with Gasteiger partial charge in [0.25, 0.3) is 0 Å². The molecule has 0 bridgehead atoms. The van der Waals surface area contributed by atoms with Crippen LogP contribution < -0.4 is 11.0 Å². The molecule has 0 saturated carbocycles. The Bertz CT molecular complexity index is 367. The van der Waals surface area contributed by atoms with Crippen molar-refractivity contribution >= 4 is 6.09 Å². The number of imidazole rings is 1. The lowest BCUT2D eigenvalue weighted by Crippen LogP contribution is -2.22. The zero-order chi connectivity index (χ0) is 10.6. The lowest BCUT2D eigenvalue weighted by molar-refractivity contribution is 0.194. The van der Waals surface area contributed by atoms with Gasteiger partial charge in [0.1, 0.15) is 0 Å².